The smallest absolute Gasteiger partial charge is 0.416 e. The molecular weight excluding hydrogens is 513 g/mol. The lowest BCUT2D eigenvalue weighted by Gasteiger charge is -2.34. The van der Waals surface area contributed by atoms with E-state index >= 15 is 0 Å². The summed E-state index contributed by atoms with van der Waals surface area (Å²) in [6.45, 7) is 3.66. The van der Waals surface area contributed by atoms with Crippen molar-refractivity contribution in [1.29, 1.82) is 0 Å². The first-order chi connectivity index (χ1) is 17.3. The summed E-state index contributed by atoms with van der Waals surface area (Å²) in [6, 6.07) is 7.44. The second-order valence-electron chi connectivity index (χ2n) is 9.07. The van der Waals surface area contributed by atoms with Gasteiger partial charge in [0.05, 0.1) is 16.6 Å². The highest BCUT2D eigenvalue weighted by atomic mass is 32.2. The van der Waals surface area contributed by atoms with E-state index in [4.69, 9.17) is 4.74 Å². The van der Waals surface area contributed by atoms with E-state index in [-0.39, 0.29) is 25.5 Å². The van der Waals surface area contributed by atoms with Gasteiger partial charge in [-0.3, -0.25) is 4.79 Å². The van der Waals surface area contributed by atoms with E-state index in [1.54, 1.807) is 24.3 Å². The summed E-state index contributed by atoms with van der Waals surface area (Å²) < 4.78 is 72.4. The zero-order chi connectivity index (χ0) is 27.4. The Bertz CT molecular complexity index is 1220. The van der Waals surface area contributed by atoms with Gasteiger partial charge < -0.3 is 15.2 Å². The number of hydrogen-bond donors (Lipinski definition) is 2. The van der Waals surface area contributed by atoms with E-state index in [9.17, 15) is 36.3 Å². The van der Waals surface area contributed by atoms with Crippen molar-refractivity contribution < 1.29 is 41.0 Å². The molecule has 0 spiro atoms. The Morgan fingerprint density at radius 2 is 1.81 bits per heavy atom. The maximum absolute atomic E-state index is 13.3. The van der Waals surface area contributed by atoms with Gasteiger partial charge in [-0.05, 0) is 62.6 Å². The number of hydrogen-bond acceptors (Lipinski definition) is 5. The monoisotopic (exact) mass is 542 g/mol. The predicted molar refractivity (Wildman–Crippen MR) is 128 cm³/mol. The molecule has 1 fully saturated rings. The number of carboxylic acid groups (broad SMARTS) is 1. The zero-order valence-corrected chi connectivity index (χ0v) is 21.2. The minimum absolute atomic E-state index is 0.0393. The first-order valence-corrected chi connectivity index (χ1v) is 13.2. The van der Waals surface area contributed by atoms with E-state index < -0.39 is 50.6 Å². The lowest BCUT2D eigenvalue weighted by atomic mass is 10.0. The standard InChI is InChI=1S/C25H29F3N2O6S/c1-16(2)36-19-11-9-17(10-12-19)14-21(24(32)33)29-23(31)22-8-3-4-13-30(22)37(34,35)20-7-5-6-18(15-20)25(26,27)28/h5-7,9-12,15-16,21-22H,3-4,8,13-14H2,1-2H3,(H,29,31)(H,32,33)/t21-,22-/m0/s1. The van der Waals surface area contributed by atoms with Crippen LogP contribution in [0.2, 0.25) is 0 Å². The highest BCUT2D eigenvalue weighted by Crippen LogP contribution is 2.32. The molecule has 0 aliphatic carbocycles. The third-order valence-corrected chi connectivity index (χ3v) is 7.78. The molecule has 0 aromatic heterocycles. The average Bonchev–Trinajstić information content (AvgIpc) is 2.84. The maximum atomic E-state index is 13.3. The number of nitrogens with one attached hydrogen (secondary N) is 1. The van der Waals surface area contributed by atoms with Crippen LogP contribution < -0.4 is 10.1 Å². The summed E-state index contributed by atoms with van der Waals surface area (Å²) in [5, 5.41) is 12.1. The van der Waals surface area contributed by atoms with Gasteiger partial charge in [0.2, 0.25) is 15.9 Å². The van der Waals surface area contributed by atoms with Crippen LogP contribution in [0.15, 0.2) is 53.4 Å². The van der Waals surface area contributed by atoms with Gasteiger partial charge in [-0.1, -0.05) is 24.6 Å². The van der Waals surface area contributed by atoms with Gasteiger partial charge in [0.1, 0.15) is 17.8 Å². The summed E-state index contributed by atoms with van der Waals surface area (Å²) in [4.78, 5) is 24.4. The van der Waals surface area contributed by atoms with Crippen molar-refractivity contribution in [2.75, 3.05) is 6.54 Å². The van der Waals surface area contributed by atoms with E-state index in [0.717, 1.165) is 22.5 Å². The number of aliphatic carboxylic acids is 1. The van der Waals surface area contributed by atoms with Gasteiger partial charge >= 0.3 is 12.1 Å². The van der Waals surface area contributed by atoms with Crippen molar-refractivity contribution in [1.82, 2.24) is 9.62 Å². The molecule has 1 saturated heterocycles. The van der Waals surface area contributed by atoms with E-state index in [1.807, 2.05) is 13.8 Å². The minimum Gasteiger partial charge on any atom is -0.491 e. The van der Waals surface area contributed by atoms with Crippen molar-refractivity contribution >= 4 is 21.9 Å². The predicted octanol–water partition coefficient (Wildman–Crippen LogP) is 3.85. The van der Waals surface area contributed by atoms with Crippen LogP contribution >= 0.6 is 0 Å². The summed E-state index contributed by atoms with van der Waals surface area (Å²) in [6.07, 6.45) is -3.81. The van der Waals surface area contributed by atoms with E-state index in [1.165, 1.54) is 0 Å². The van der Waals surface area contributed by atoms with Gasteiger partial charge in [-0.2, -0.15) is 17.5 Å². The van der Waals surface area contributed by atoms with E-state index in [2.05, 4.69) is 5.32 Å². The Morgan fingerprint density at radius 1 is 1.14 bits per heavy atom. The Hall–Kier alpha value is -3.12. The molecule has 37 heavy (non-hydrogen) atoms. The Balaban J connectivity index is 1.79. The normalized spacial score (nSPS) is 17.8. The molecule has 0 radical (unpaired) electrons. The Labute approximate surface area is 213 Å². The van der Waals surface area contributed by atoms with E-state index in [0.29, 0.717) is 30.2 Å². The number of carboxylic acids is 1. The van der Waals surface area contributed by atoms with Crippen LogP contribution in [-0.4, -0.2) is 54.4 Å². The summed E-state index contributed by atoms with van der Waals surface area (Å²) >= 11 is 0. The lowest BCUT2D eigenvalue weighted by molar-refractivity contribution is -0.142. The van der Waals surface area contributed by atoms with Crippen LogP contribution in [0.3, 0.4) is 0 Å². The molecule has 2 N–H and O–H groups in total. The highest BCUT2D eigenvalue weighted by Gasteiger charge is 2.40. The number of benzene rings is 2. The molecule has 202 valence electrons. The number of nitrogens with zero attached hydrogens (tertiary/aromatic N) is 1. The van der Waals surface area contributed by atoms with Crippen LogP contribution in [0.4, 0.5) is 13.2 Å². The number of carbonyl (C=O) groups is 2. The molecule has 12 heteroatoms. The quantitative estimate of drug-likeness (QED) is 0.498. The first-order valence-electron chi connectivity index (χ1n) is 11.8. The van der Waals surface area contributed by atoms with Crippen molar-refractivity contribution in [3.63, 3.8) is 0 Å². The lowest BCUT2D eigenvalue weighted by Crippen LogP contribution is -2.55. The fourth-order valence-corrected chi connectivity index (χ4v) is 5.81. The molecule has 1 amide bonds. The molecule has 3 rings (SSSR count). The van der Waals surface area contributed by atoms with Gasteiger partial charge in [0.15, 0.2) is 0 Å². The largest absolute Gasteiger partial charge is 0.491 e. The van der Waals surface area contributed by atoms with Crippen molar-refractivity contribution in [3.05, 3.63) is 59.7 Å². The fourth-order valence-electron chi connectivity index (χ4n) is 4.10. The summed E-state index contributed by atoms with van der Waals surface area (Å²) in [7, 11) is -4.46. The number of alkyl halides is 3. The fraction of sp³-hybridized carbons (Fsp3) is 0.440. The molecule has 0 saturated carbocycles. The van der Waals surface area contributed by atoms with Crippen LogP contribution in [0.25, 0.3) is 0 Å². The second-order valence-corrected chi connectivity index (χ2v) is 11.0. The molecule has 2 aromatic carbocycles. The number of carbonyl (C=O) groups excluding carboxylic acids is 1. The number of halogens is 3. The van der Waals surface area contributed by atoms with Crippen molar-refractivity contribution in [3.8, 4) is 5.75 Å². The highest BCUT2D eigenvalue weighted by molar-refractivity contribution is 7.89. The number of ether oxygens (including phenoxy) is 1. The zero-order valence-electron chi connectivity index (χ0n) is 20.4. The van der Waals surface area contributed by atoms with Crippen LogP contribution in [0.1, 0.15) is 44.2 Å². The molecule has 1 aliphatic heterocycles. The Morgan fingerprint density at radius 3 is 2.41 bits per heavy atom. The van der Waals surface area contributed by atoms with Gasteiger partial charge in [0.25, 0.3) is 0 Å². The van der Waals surface area contributed by atoms with Gasteiger partial charge in [0, 0.05) is 13.0 Å². The maximum Gasteiger partial charge on any atom is 0.416 e. The number of amides is 1. The first kappa shape index (κ1) is 28.5. The number of sulfonamides is 1. The third kappa shape index (κ3) is 7.22. The average molecular weight is 543 g/mol. The minimum atomic E-state index is -4.74. The van der Waals surface area contributed by atoms with Crippen molar-refractivity contribution in [2.24, 2.45) is 0 Å². The van der Waals surface area contributed by atoms with Crippen molar-refractivity contribution in [2.45, 2.75) is 68.8 Å². The molecule has 0 bridgehead atoms. The van der Waals surface area contributed by atoms with Crippen LogP contribution in [0.5, 0.6) is 5.75 Å². The van der Waals surface area contributed by atoms with Gasteiger partial charge in [-0.25, -0.2) is 13.2 Å². The second kappa shape index (κ2) is 11.5. The molecule has 2 aromatic rings. The summed E-state index contributed by atoms with van der Waals surface area (Å²) in [5.74, 6) is -1.52. The van der Waals surface area contributed by atoms with Gasteiger partial charge in [-0.15, -0.1) is 0 Å². The Kier molecular flexibility index (Phi) is 8.85. The molecular formula is C25H29F3N2O6S. The molecule has 2 atom stereocenters. The number of piperidine rings is 1. The molecule has 1 aliphatic rings. The SMILES string of the molecule is CC(C)Oc1ccc(C[C@H](NC(=O)[C@@H]2CCCCN2S(=O)(=O)c2cccc(C(F)(F)F)c2)C(=O)O)cc1. The third-order valence-electron chi connectivity index (χ3n) is 5.87. The number of rotatable bonds is 9. The van der Waals surface area contributed by atoms with Crippen LogP contribution in [0, 0.1) is 0 Å². The molecule has 8 nitrogen and oxygen atoms in total. The summed E-state index contributed by atoms with van der Waals surface area (Å²) in [5.41, 5.74) is -0.511. The molecule has 1 heterocycles. The topological polar surface area (TPSA) is 113 Å². The molecule has 0 unspecified atom stereocenters. The van der Waals surface area contributed by atoms with Crippen LogP contribution in [-0.2, 0) is 32.2 Å².